The standard InChI is InChI=1S/C13H23N3O2/c14-7-4-8-16-13(17)11-15-9-10-18-12-5-2-1-3-6-12/h12,15H,1-6,8-11H2,(H,16,17). The lowest BCUT2D eigenvalue weighted by Gasteiger charge is -2.21. The number of ether oxygens (including phenoxy) is 1. The van der Waals surface area contributed by atoms with Crippen molar-refractivity contribution in [2.45, 2.75) is 44.6 Å². The zero-order valence-corrected chi connectivity index (χ0v) is 10.9. The molecule has 0 atom stereocenters. The van der Waals surface area contributed by atoms with Gasteiger partial charge in [-0.2, -0.15) is 5.26 Å². The number of nitrogens with zero attached hydrogens (tertiary/aromatic N) is 1. The van der Waals surface area contributed by atoms with E-state index in [2.05, 4.69) is 10.6 Å². The highest BCUT2D eigenvalue weighted by molar-refractivity contribution is 5.77. The monoisotopic (exact) mass is 253 g/mol. The predicted octanol–water partition coefficient (Wildman–Crippen LogP) is 0.955. The summed E-state index contributed by atoms with van der Waals surface area (Å²) in [5, 5.41) is 14.0. The highest BCUT2D eigenvalue weighted by Crippen LogP contribution is 2.19. The summed E-state index contributed by atoms with van der Waals surface area (Å²) in [6, 6.07) is 1.98. The molecule has 0 unspecified atom stereocenters. The Hall–Kier alpha value is -1.12. The Morgan fingerprint density at radius 1 is 1.28 bits per heavy atom. The average molecular weight is 253 g/mol. The summed E-state index contributed by atoms with van der Waals surface area (Å²) in [6.07, 6.45) is 7.02. The first-order valence-electron chi connectivity index (χ1n) is 6.79. The smallest absolute Gasteiger partial charge is 0.233 e. The Bertz CT molecular complexity index is 270. The van der Waals surface area contributed by atoms with Crippen LogP contribution in [0.2, 0.25) is 0 Å². The zero-order valence-electron chi connectivity index (χ0n) is 10.9. The summed E-state index contributed by atoms with van der Waals surface area (Å²) >= 11 is 0. The Balaban J connectivity index is 1.88. The van der Waals surface area contributed by atoms with E-state index in [0.29, 0.717) is 38.8 Å². The minimum Gasteiger partial charge on any atom is -0.377 e. The van der Waals surface area contributed by atoms with E-state index in [4.69, 9.17) is 10.00 Å². The summed E-state index contributed by atoms with van der Waals surface area (Å²) in [5.74, 6) is -0.0667. The highest BCUT2D eigenvalue weighted by atomic mass is 16.5. The van der Waals surface area contributed by atoms with Gasteiger partial charge in [0.25, 0.3) is 0 Å². The maximum absolute atomic E-state index is 11.3. The molecular formula is C13H23N3O2. The maximum Gasteiger partial charge on any atom is 0.233 e. The van der Waals surface area contributed by atoms with Crippen molar-refractivity contribution in [1.29, 1.82) is 5.26 Å². The molecule has 0 radical (unpaired) electrons. The number of hydrogen-bond acceptors (Lipinski definition) is 4. The normalized spacial score (nSPS) is 16.2. The van der Waals surface area contributed by atoms with Crippen LogP contribution in [0.25, 0.3) is 0 Å². The SMILES string of the molecule is N#CCCNC(=O)CNCCOC1CCCCC1. The van der Waals surface area contributed by atoms with E-state index in [0.717, 1.165) is 0 Å². The fourth-order valence-electron chi connectivity index (χ4n) is 2.05. The number of carbonyl (C=O) groups excluding carboxylic acids is 1. The predicted molar refractivity (Wildman–Crippen MR) is 68.9 cm³/mol. The van der Waals surface area contributed by atoms with E-state index >= 15 is 0 Å². The summed E-state index contributed by atoms with van der Waals surface area (Å²) in [4.78, 5) is 11.3. The molecule has 5 heteroatoms. The van der Waals surface area contributed by atoms with Gasteiger partial charge in [-0.3, -0.25) is 4.79 Å². The van der Waals surface area contributed by atoms with Crippen molar-refractivity contribution in [2.75, 3.05) is 26.2 Å². The zero-order chi connectivity index (χ0) is 13.1. The van der Waals surface area contributed by atoms with Crippen molar-refractivity contribution >= 4 is 5.91 Å². The van der Waals surface area contributed by atoms with Crippen LogP contribution < -0.4 is 10.6 Å². The summed E-state index contributed by atoms with van der Waals surface area (Å²) in [7, 11) is 0. The van der Waals surface area contributed by atoms with Gasteiger partial charge in [0, 0.05) is 13.1 Å². The molecule has 0 bridgehead atoms. The first kappa shape index (κ1) is 14.9. The van der Waals surface area contributed by atoms with Crippen LogP contribution in [-0.4, -0.2) is 38.3 Å². The lowest BCUT2D eigenvalue weighted by atomic mass is 9.98. The second kappa shape index (κ2) is 9.86. The molecule has 5 nitrogen and oxygen atoms in total. The fraction of sp³-hybridized carbons (Fsp3) is 0.846. The van der Waals surface area contributed by atoms with Crippen LogP contribution in [-0.2, 0) is 9.53 Å². The van der Waals surface area contributed by atoms with Gasteiger partial charge in [-0.05, 0) is 12.8 Å². The molecule has 0 spiro atoms. The fourth-order valence-corrected chi connectivity index (χ4v) is 2.05. The summed E-state index contributed by atoms with van der Waals surface area (Å²) < 4.78 is 5.73. The second-order valence-corrected chi connectivity index (χ2v) is 4.57. The molecule has 0 aromatic rings. The molecule has 0 saturated heterocycles. The molecule has 1 amide bonds. The van der Waals surface area contributed by atoms with E-state index in [-0.39, 0.29) is 5.91 Å². The lowest BCUT2D eigenvalue weighted by molar-refractivity contribution is -0.120. The second-order valence-electron chi connectivity index (χ2n) is 4.57. The summed E-state index contributed by atoms with van der Waals surface area (Å²) in [6.45, 7) is 2.08. The van der Waals surface area contributed by atoms with Crippen LogP contribution in [0.3, 0.4) is 0 Å². The van der Waals surface area contributed by atoms with Gasteiger partial charge in [0.1, 0.15) is 0 Å². The van der Waals surface area contributed by atoms with Crippen molar-refractivity contribution in [3.05, 3.63) is 0 Å². The van der Waals surface area contributed by atoms with Crippen molar-refractivity contribution in [3.63, 3.8) is 0 Å². The van der Waals surface area contributed by atoms with Crippen LogP contribution in [0.5, 0.6) is 0 Å². The van der Waals surface area contributed by atoms with Gasteiger partial charge in [0.2, 0.25) is 5.91 Å². The Kier molecular flexibility index (Phi) is 8.19. The van der Waals surface area contributed by atoms with Gasteiger partial charge in [0.15, 0.2) is 0 Å². The third-order valence-corrected chi connectivity index (χ3v) is 3.03. The van der Waals surface area contributed by atoms with Crippen LogP contribution >= 0.6 is 0 Å². The van der Waals surface area contributed by atoms with Crippen LogP contribution in [0.15, 0.2) is 0 Å². The van der Waals surface area contributed by atoms with Gasteiger partial charge in [0.05, 0.1) is 31.7 Å². The van der Waals surface area contributed by atoms with Crippen LogP contribution in [0.4, 0.5) is 0 Å². The first-order chi connectivity index (χ1) is 8.83. The van der Waals surface area contributed by atoms with E-state index < -0.39 is 0 Å². The van der Waals surface area contributed by atoms with E-state index in [1.807, 2.05) is 6.07 Å². The molecule has 1 aliphatic rings. The van der Waals surface area contributed by atoms with Gasteiger partial charge < -0.3 is 15.4 Å². The molecule has 0 aromatic carbocycles. The van der Waals surface area contributed by atoms with Crippen molar-refractivity contribution < 1.29 is 9.53 Å². The Morgan fingerprint density at radius 3 is 2.78 bits per heavy atom. The van der Waals surface area contributed by atoms with Crippen LogP contribution in [0.1, 0.15) is 38.5 Å². The quantitative estimate of drug-likeness (QED) is 0.632. The largest absolute Gasteiger partial charge is 0.377 e. The highest BCUT2D eigenvalue weighted by Gasteiger charge is 2.12. The molecule has 1 saturated carbocycles. The molecule has 18 heavy (non-hydrogen) atoms. The van der Waals surface area contributed by atoms with E-state index in [1.54, 1.807) is 0 Å². The third kappa shape index (κ3) is 7.25. The van der Waals surface area contributed by atoms with Crippen molar-refractivity contribution in [2.24, 2.45) is 0 Å². The topological polar surface area (TPSA) is 74.2 Å². The molecule has 1 fully saturated rings. The number of nitriles is 1. The number of hydrogen-bond donors (Lipinski definition) is 2. The molecule has 0 aliphatic heterocycles. The average Bonchev–Trinajstić information content (AvgIpc) is 2.40. The Morgan fingerprint density at radius 2 is 2.06 bits per heavy atom. The van der Waals surface area contributed by atoms with Gasteiger partial charge in [-0.1, -0.05) is 19.3 Å². The number of rotatable bonds is 8. The lowest BCUT2D eigenvalue weighted by Crippen LogP contribution is -2.36. The molecule has 0 heterocycles. The third-order valence-electron chi connectivity index (χ3n) is 3.03. The number of carbonyl (C=O) groups is 1. The molecular weight excluding hydrogens is 230 g/mol. The maximum atomic E-state index is 11.3. The minimum absolute atomic E-state index is 0.0667. The minimum atomic E-state index is -0.0667. The molecule has 2 N–H and O–H groups in total. The molecule has 102 valence electrons. The molecule has 1 aliphatic carbocycles. The van der Waals surface area contributed by atoms with Gasteiger partial charge >= 0.3 is 0 Å². The van der Waals surface area contributed by atoms with Gasteiger partial charge in [-0.15, -0.1) is 0 Å². The number of amides is 1. The molecule has 1 rings (SSSR count). The van der Waals surface area contributed by atoms with Crippen molar-refractivity contribution in [1.82, 2.24) is 10.6 Å². The summed E-state index contributed by atoms with van der Waals surface area (Å²) in [5.41, 5.74) is 0. The van der Waals surface area contributed by atoms with E-state index in [1.165, 1.54) is 32.1 Å². The Labute approximate surface area is 109 Å². The first-order valence-corrected chi connectivity index (χ1v) is 6.79. The van der Waals surface area contributed by atoms with Crippen LogP contribution in [0, 0.1) is 11.3 Å². The number of nitrogens with one attached hydrogen (secondary N) is 2. The molecule has 0 aromatic heterocycles. The van der Waals surface area contributed by atoms with Crippen molar-refractivity contribution in [3.8, 4) is 6.07 Å². The van der Waals surface area contributed by atoms with E-state index in [9.17, 15) is 4.79 Å². The van der Waals surface area contributed by atoms with Gasteiger partial charge in [-0.25, -0.2) is 0 Å².